The van der Waals surface area contributed by atoms with Crippen LogP contribution in [0.2, 0.25) is 10.0 Å². The van der Waals surface area contributed by atoms with E-state index in [4.69, 9.17) is 27.7 Å². The molecule has 0 unspecified atom stereocenters. The van der Waals surface area contributed by atoms with E-state index in [1.807, 2.05) is 0 Å². The molecule has 24 heavy (non-hydrogen) atoms. The summed E-state index contributed by atoms with van der Waals surface area (Å²) in [5.74, 6) is -0.180. The number of hydrogen-bond donors (Lipinski definition) is 0. The zero-order valence-electron chi connectivity index (χ0n) is 11.5. The monoisotopic (exact) mass is 375 g/mol. The van der Waals surface area contributed by atoms with Crippen molar-refractivity contribution in [1.29, 1.82) is 0 Å². The minimum atomic E-state index is -4.49. The van der Waals surface area contributed by atoms with Crippen LogP contribution < -0.4 is 4.73 Å². The van der Waals surface area contributed by atoms with Crippen LogP contribution in [0.1, 0.15) is 5.56 Å². The first kappa shape index (κ1) is 16.5. The Kier molecular flexibility index (Phi) is 4.10. The van der Waals surface area contributed by atoms with Crippen molar-refractivity contribution in [3.05, 3.63) is 57.5 Å². The van der Waals surface area contributed by atoms with E-state index < -0.39 is 11.7 Å². The Hall–Kier alpha value is -2.32. The molecular weight excluding hydrogens is 370 g/mol. The highest BCUT2D eigenvalue weighted by Crippen LogP contribution is 2.34. The Morgan fingerprint density at radius 1 is 1.12 bits per heavy atom. The Bertz CT molecular complexity index is 889. The van der Waals surface area contributed by atoms with E-state index in [0.29, 0.717) is 4.73 Å². The highest BCUT2D eigenvalue weighted by molar-refractivity contribution is 6.38. The van der Waals surface area contributed by atoms with Crippen LogP contribution in [0.4, 0.5) is 13.2 Å². The zero-order chi connectivity index (χ0) is 17.5. The molecule has 0 radical (unpaired) electrons. The van der Waals surface area contributed by atoms with Gasteiger partial charge in [0.1, 0.15) is 10.0 Å². The lowest BCUT2D eigenvalue weighted by Gasteiger charge is -2.06. The zero-order valence-corrected chi connectivity index (χ0v) is 13.0. The van der Waals surface area contributed by atoms with Crippen LogP contribution in [0, 0.1) is 5.21 Å². The molecule has 5 nitrogen and oxygen atoms in total. The Morgan fingerprint density at radius 3 is 2.42 bits per heavy atom. The van der Waals surface area contributed by atoms with Gasteiger partial charge in [-0.1, -0.05) is 34.4 Å². The SMILES string of the molecule is [O-][n+]1cc(Cl)c(-c2noc(-c3cccc(C(F)(F)F)c3)n2)c(Cl)c1. The quantitative estimate of drug-likeness (QED) is 0.492. The molecule has 0 spiro atoms. The molecule has 0 fully saturated rings. The smallest absolute Gasteiger partial charge is 0.416 e. The van der Waals surface area contributed by atoms with E-state index in [-0.39, 0.29) is 32.9 Å². The Balaban J connectivity index is 2.04. The molecular formula is C14H6Cl2F3N3O2. The first-order valence-electron chi connectivity index (χ1n) is 6.35. The molecule has 0 saturated heterocycles. The van der Waals surface area contributed by atoms with Gasteiger partial charge in [-0.15, -0.1) is 0 Å². The summed E-state index contributed by atoms with van der Waals surface area (Å²) in [7, 11) is 0. The average molecular weight is 376 g/mol. The van der Waals surface area contributed by atoms with Gasteiger partial charge >= 0.3 is 6.18 Å². The van der Waals surface area contributed by atoms with Crippen molar-refractivity contribution in [1.82, 2.24) is 10.1 Å². The third-order valence-electron chi connectivity index (χ3n) is 3.05. The van der Waals surface area contributed by atoms with Gasteiger partial charge in [-0.3, -0.25) is 0 Å². The number of aromatic nitrogens is 3. The minimum absolute atomic E-state index is 0.0195. The van der Waals surface area contributed by atoms with Gasteiger partial charge in [0.25, 0.3) is 5.89 Å². The van der Waals surface area contributed by atoms with Gasteiger partial charge in [0.05, 0.1) is 11.1 Å². The lowest BCUT2D eigenvalue weighted by Crippen LogP contribution is -2.24. The molecule has 10 heteroatoms. The summed E-state index contributed by atoms with van der Waals surface area (Å²) >= 11 is 11.9. The van der Waals surface area contributed by atoms with Crippen molar-refractivity contribution in [2.75, 3.05) is 0 Å². The van der Waals surface area contributed by atoms with E-state index >= 15 is 0 Å². The number of nitrogens with zero attached hydrogens (tertiary/aromatic N) is 3. The molecule has 0 aliphatic carbocycles. The second-order valence-electron chi connectivity index (χ2n) is 4.69. The maximum absolute atomic E-state index is 12.8. The molecule has 0 bridgehead atoms. The minimum Gasteiger partial charge on any atom is -0.619 e. The Morgan fingerprint density at radius 2 is 1.79 bits per heavy atom. The predicted molar refractivity (Wildman–Crippen MR) is 79.2 cm³/mol. The van der Waals surface area contributed by atoms with E-state index in [9.17, 15) is 18.4 Å². The number of pyridine rings is 1. The molecule has 124 valence electrons. The maximum Gasteiger partial charge on any atom is 0.416 e. The standard InChI is InChI=1S/C14H6Cl2F3N3O2/c15-9-5-22(23)6-10(16)11(9)12-20-13(24-21-12)7-2-1-3-8(4-7)14(17,18)19/h1-6H. The lowest BCUT2D eigenvalue weighted by atomic mass is 10.1. The number of benzene rings is 1. The van der Waals surface area contributed by atoms with Gasteiger partial charge in [-0.25, -0.2) is 0 Å². The summed E-state index contributed by atoms with van der Waals surface area (Å²) in [6.07, 6.45) is -2.40. The predicted octanol–water partition coefficient (Wildman–Crippen LogP) is 4.36. The van der Waals surface area contributed by atoms with Crippen molar-refractivity contribution in [3.63, 3.8) is 0 Å². The molecule has 2 aromatic heterocycles. The first-order chi connectivity index (χ1) is 11.3. The van der Waals surface area contributed by atoms with Gasteiger partial charge < -0.3 is 9.73 Å². The molecule has 3 rings (SSSR count). The lowest BCUT2D eigenvalue weighted by molar-refractivity contribution is -0.605. The fourth-order valence-electron chi connectivity index (χ4n) is 1.99. The van der Waals surface area contributed by atoms with Crippen LogP contribution in [-0.4, -0.2) is 10.1 Å². The second kappa shape index (κ2) is 5.95. The van der Waals surface area contributed by atoms with Gasteiger partial charge in [0.2, 0.25) is 5.82 Å². The Labute approximate surface area is 142 Å². The fourth-order valence-corrected chi connectivity index (χ4v) is 2.60. The van der Waals surface area contributed by atoms with E-state index in [1.54, 1.807) is 0 Å². The number of rotatable bonds is 2. The van der Waals surface area contributed by atoms with E-state index in [2.05, 4.69) is 10.1 Å². The van der Waals surface area contributed by atoms with Crippen LogP contribution in [0.25, 0.3) is 22.8 Å². The molecule has 0 aliphatic heterocycles. The summed E-state index contributed by atoms with van der Waals surface area (Å²) in [6, 6.07) is 4.44. The highest BCUT2D eigenvalue weighted by Gasteiger charge is 2.31. The van der Waals surface area contributed by atoms with Crippen molar-refractivity contribution in [2.45, 2.75) is 6.18 Å². The summed E-state index contributed by atoms with van der Waals surface area (Å²) < 4.78 is 43.7. The number of alkyl halides is 3. The summed E-state index contributed by atoms with van der Waals surface area (Å²) in [5, 5.41) is 14.8. The number of hydrogen-bond acceptors (Lipinski definition) is 4. The van der Waals surface area contributed by atoms with Crippen molar-refractivity contribution >= 4 is 23.2 Å². The van der Waals surface area contributed by atoms with Crippen LogP contribution in [0.5, 0.6) is 0 Å². The maximum atomic E-state index is 12.8. The molecule has 2 heterocycles. The third-order valence-corrected chi connectivity index (χ3v) is 3.62. The van der Waals surface area contributed by atoms with Gasteiger partial charge in [0, 0.05) is 5.56 Å². The third kappa shape index (κ3) is 3.15. The van der Waals surface area contributed by atoms with Crippen molar-refractivity contribution in [2.24, 2.45) is 0 Å². The fraction of sp³-hybridized carbons (Fsp3) is 0.0714. The average Bonchev–Trinajstić information content (AvgIpc) is 2.95. The molecule has 0 atom stereocenters. The topological polar surface area (TPSA) is 65.9 Å². The summed E-state index contributed by atoms with van der Waals surface area (Å²) in [6.45, 7) is 0. The van der Waals surface area contributed by atoms with Gasteiger partial charge in [0.15, 0.2) is 12.4 Å². The normalized spacial score (nSPS) is 11.7. The molecule has 3 aromatic rings. The summed E-state index contributed by atoms with van der Waals surface area (Å²) in [5.41, 5.74) is -0.610. The van der Waals surface area contributed by atoms with Gasteiger partial charge in [-0.2, -0.15) is 22.9 Å². The van der Waals surface area contributed by atoms with E-state index in [0.717, 1.165) is 24.5 Å². The molecule has 0 saturated carbocycles. The molecule has 0 amide bonds. The van der Waals surface area contributed by atoms with Crippen LogP contribution in [-0.2, 0) is 6.18 Å². The van der Waals surface area contributed by atoms with Crippen LogP contribution in [0.3, 0.4) is 0 Å². The molecule has 1 aromatic carbocycles. The highest BCUT2D eigenvalue weighted by atomic mass is 35.5. The molecule has 0 N–H and O–H groups in total. The van der Waals surface area contributed by atoms with Crippen LogP contribution in [0.15, 0.2) is 41.2 Å². The molecule has 0 aliphatic rings. The van der Waals surface area contributed by atoms with E-state index in [1.165, 1.54) is 12.1 Å². The van der Waals surface area contributed by atoms with Crippen molar-refractivity contribution < 1.29 is 22.4 Å². The van der Waals surface area contributed by atoms with Crippen molar-refractivity contribution in [3.8, 4) is 22.8 Å². The largest absolute Gasteiger partial charge is 0.619 e. The van der Waals surface area contributed by atoms with Gasteiger partial charge in [-0.05, 0) is 18.2 Å². The first-order valence-corrected chi connectivity index (χ1v) is 7.11. The second-order valence-corrected chi connectivity index (χ2v) is 5.51. The van der Waals surface area contributed by atoms with Crippen LogP contribution >= 0.6 is 23.2 Å². The number of halogens is 5. The summed E-state index contributed by atoms with van der Waals surface area (Å²) in [4.78, 5) is 4.00.